The third kappa shape index (κ3) is 6.15. The van der Waals surface area contributed by atoms with Gasteiger partial charge in [0.15, 0.2) is 6.54 Å². The minimum atomic E-state index is -0.189. The first kappa shape index (κ1) is 22.0. The van der Waals surface area contributed by atoms with Crippen molar-refractivity contribution in [3.8, 4) is 0 Å². The Labute approximate surface area is 179 Å². The third-order valence-corrected chi connectivity index (χ3v) is 5.99. The predicted molar refractivity (Wildman–Crippen MR) is 119 cm³/mol. The summed E-state index contributed by atoms with van der Waals surface area (Å²) in [5.74, 6) is -0.247. The van der Waals surface area contributed by atoms with Crippen molar-refractivity contribution in [2.75, 3.05) is 39.0 Å². The number of quaternary nitrogens is 2. The molecule has 160 valence electrons. The summed E-state index contributed by atoms with van der Waals surface area (Å²) in [5, 5.41) is 5.90. The fourth-order valence-corrected chi connectivity index (χ4v) is 3.97. The first-order valence-electron chi connectivity index (χ1n) is 10.8. The molecule has 0 aliphatic carbocycles. The Balaban J connectivity index is 1.56. The molecule has 1 fully saturated rings. The fraction of sp³-hybridized carbons (Fsp3) is 0.417. The summed E-state index contributed by atoms with van der Waals surface area (Å²) in [6, 6.07) is 15.8. The van der Waals surface area contributed by atoms with Gasteiger partial charge in [-0.15, -0.1) is 0 Å². The number of benzene rings is 2. The average Bonchev–Trinajstić information content (AvgIpc) is 2.74. The van der Waals surface area contributed by atoms with Crippen molar-refractivity contribution in [1.82, 2.24) is 5.32 Å². The summed E-state index contributed by atoms with van der Waals surface area (Å²) in [7, 11) is 4.31. The van der Waals surface area contributed by atoms with Crippen molar-refractivity contribution >= 4 is 17.5 Å². The van der Waals surface area contributed by atoms with Gasteiger partial charge in [0.2, 0.25) is 0 Å². The second kappa shape index (κ2) is 10.4. The number of carbonyl (C=O) groups excluding carboxylic acids is 2. The predicted octanol–water partition coefficient (Wildman–Crippen LogP) is 0.0553. The van der Waals surface area contributed by atoms with E-state index in [0.717, 1.165) is 31.5 Å². The zero-order valence-electron chi connectivity index (χ0n) is 18.3. The van der Waals surface area contributed by atoms with Gasteiger partial charge in [0, 0.05) is 19.4 Å². The van der Waals surface area contributed by atoms with Crippen LogP contribution in [-0.4, -0.2) is 51.6 Å². The molecule has 6 nitrogen and oxygen atoms in total. The molecular weight excluding hydrogens is 376 g/mol. The zero-order valence-corrected chi connectivity index (χ0v) is 18.3. The van der Waals surface area contributed by atoms with E-state index >= 15 is 0 Å². The zero-order chi connectivity index (χ0) is 21.5. The number of para-hydroxylation sites is 1. The molecule has 1 aliphatic rings. The molecular formula is C24H34N4O2+2. The molecule has 6 heteroatoms. The van der Waals surface area contributed by atoms with E-state index in [1.54, 1.807) is 17.0 Å². The molecule has 0 spiro atoms. The number of hydrogen-bond acceptors (Lipinski definition) is 2. The van der Waals surface area contributed by atoms with Gasteiger partial charge in [-0.1, -0.05) is 42.0 Å². The van der Waals surface area contributed by atoms with Crippen molar-refractivity contribution in [2.45, 2.75) is 32.4 Å². The van der Waals surface area contributed by atoms with Crippen LogP contribution in [0.5, 0.6) is 0 Å². The van der Waals surface area contributed by atoms with Gasteiger partial charge in [-0.2, -0.15) is 0 Å². The molecule has 0 aromatic heterocycles. The van der Waals surface area contributed by atoms with E-state index in [9.17, 15) is 9.59 Å². The lowest BCUT2D eigenvalue weighted by molar-refractivity contribution is -0.935. The summed E-state index contributed by atoms with van der Waals surface area (Å²) >= 11 is 0. The molecule has 1 aliphatic heterocycles. The highest BCUT2D eigenvalue weighted by Gasteiger charge is 2.27. The standard InChI is InChI=1S/C24H32N4O2/c1-18-8-10-19(11-9-18)16-25-24(30)21-6-4-5-7-22(21)26-23(29)17-28(3)20-12-14-27(2)15-13-20/h4-11,20H,12-17H2,1-3H3,(H,25,30)(H,26,29)/p+2. The maximum absolute atomic E-state index is 12.7. The molecule has 1 atom stereocenters. The first-order chi connectivity index (χ1) is 14.4. The Kier molecular flexibility index (Phi) is 7.60. The Morgan fingerprint density at radius 1 is 1.07 bits per heavy atom. The van der Waals surface area contributed by atoms with Gasteiger partial charge in [0.25, 0.3) is 11.8 Å². The van der Waals surface area contributed by atoms with Crippen LogP contribution in [0.25, 0.3) is 0 Å². The molecule has 2 aromatic rings. The molecule has 2 amide bonds. The minimum absolute atomic E-state index is 0.0578. The van der Waals surface area contributed by atoms with Crippen molar-refractivity contribution in [3.63, 3.8) is 0 Å². The topological polar surface area (TPSA) is 67.1 Å². The maximum atomic E-state index is 12.7. The summed E-state index contributed by atoms with van der Waals surface area (Å²) < 4.78 is 0. The SMILES string of the molecule is Cc1ccc(CNC(=O)c2ccccc2NC(=O)C[NH+](C)C2CC[NH+](C)CC2)cc1. The van der Waals surface area contributed by atoms with Gasteiger partial charge in [0.1, 0.15) is 0 Å². The van der Waals surface area contributed by atoms with E-state index in [-0.39, 0.29) is 11.8 Å². The molecule has 0 radical (unpaired) electrons. The van der Waals surface area contributed by atoms with Crippen LogP contribution in [-0.2, 0) is 11.3 Å². The molecule has 2 aromatic carbocycles. The van der Waals surface area contributed by atoms with Crippen LogP contribution in [0.15, 0.2) is 48.5 Å². The number of piperidine rings is 1. The summed E-state index contributed by atoms with van der Waals surface area (Å²) in [6.07, 6.45) is 2.28. The molecule has 3 rings (SSSR count). The fourth-order valence-electron chi connectivity index (χ4n) is 3.97. The van der Waals surface area contributed by atoms with Crippen molar-refractivity contribution in [3.05, 3.63) is 65.2 Å². The van der Waals surface area contributed by atoms with Crippen LogP contribution < -0.4 is 20.4 Å². The van der Waals surface area contributed by atoms with Crippen LogP contribution in [0, 0.1) is 6.92 Å². The molecule has 1 saturated heterocycles. The van der Waals surface area contributed by atoms with E-state index in [1.165, 1.54) is 10.5 Å². The number of aryl methyl sites for hydroxylation is 1. The number of likely N-dealkylation sites (N-methyl/N-ethyl adjacent to an activating group) is 1. The summed E-state index contributed by atoms with van der Waals surface area (Å²) in [5.41, 5.74) is 3.27. The second-order valence-corrected chi connectivity index (χ2v) is 8.52. The number of nitrogens with one attached hydrogen (secondary N) is 4. The van der Waals surface area contributed by atoms with Gasteiger partial charge in [0.05, 0.1) is 44.5 Å². The number of amides is 2. The van der Waals surface area contributed by atoms with Crippen molar-refractivity contribution < 1.29 is 19.4 Å². The van der Waals surface area contributed by atoms with Gasteiger partial charge in [-0.05, 0) is 24.6 Å². The van der Waals surface area contributed by atoms with E-state index in [2.05, 4.69) is 24.7 Å². The number of hydrogen-bond donors (Lipinski definition) is 4. The van der Waals surface area contributed by atoms with Crippen LogP contribution in [0.3, 0.4) is 0 Å². The van der Waals surface area contributed by atoms with Crippen LogP contribution in [0.4, 0.5) is 5.69 Å². The number of anilines is 1. The van der Waals surface area contributed by atoms with Gasteiger partial charge < -0.3 is 20.4 Å². The Bertz CT molecular complexity index is 858. The summed E-state index contributed by atoms with van der Waals surface area (Å²) in [6.45, 7) is 5.21. The average molecular weight is 411 g/mol. The van der Waals surface area contributed by atoms with Crippen LogP contribution in [0.1, 0.15) is 34.3 Å². The first-order valence-corrected chi connectivity index (χ1v) is 10.8. The lowest BCUT2D eigenvalue weighted by Gasteiger charge is -2.30. The van der Waals surface area contributed by atoms with Gasteiger partial charge >= 0.3 is 0 Å². The third-order valence-electron chi connectivity index (χ3n) is 5.99. The molecule has 4 N–H and O–H groups in total. The molecule has 0 bridgehead atoms. The number of likely N-dealkylation sites (tertiary alicyclic amines) is 1. The highest BCUT2D eigenvalue weighted by molar-refractivity contribution is 6.03. The lowest BCUT2D eigenvalue weighted by atomic mass is 10.0. The van der Waals surface area contributed by atoms with E-state index < -0.39 is 0 Å². The number of rotatable bonds is 7. The van der Waals surface area contributed by atoms with Gasteiger partial charge in [-0.25, -0.2) is 0 Å². The minimum Gasteiger partial charge on any atom is -0.348 e. The highest BCUT2D eigenvalue weighted by Crippen LogP contribution is 2.15. The smallest absolute Gasteiger partial charge is 0.279 e. The van der Waals surface area contributed by atoms with E-state index in [4.69, 9.17) is 0 Å². The number of carbonyl (C=O) groups is 2. The van der Waals surface area contributed by atoms with E-state index in [0.29, 0.717) is 30.4 Å². The molecule has 30 heavy (non-hydrogen) atoms. The Morgan fingerprint density at radius 2 is 1.73 bits per heavy atom. The molecule has 1 unspecified atom stereocenters. The lowest BCUT2D eigenvalue weighted by Crippen LogP contribution is -3.18. The van der Waals surface area contributed by atoms with Crippen LogP contribution in [0.2, 0.25) is 0 Å². The van der Waals surface area contributed by atoms with Crippen molar-refractivity contribution in [1.29, 1.82) is 0 Å². The highest BCUT2D eigenvalue weighted by atomic mass is 16.2. The molecule has 0 saturated carbocycles. The van der Waals surface area contributed by atoms with Gasteiger partial charge in [-0.3, -0.25) is 9.59 Å². The monoisotopic (exact) mass is 410 g/mol. The van der Waals surface area contributed by atoms with E-state index in [1.807, 2.05) is 43.3 Å². The molecule has 1 heterocycles. The Morgan fingerprint density at radius 3 is 2.43 bits per heavy atom. The normalized spacial score (nSPS) is 19.7. The second-order valence-electron chi connectivity index (χ2n) is 8.52. The maximum Gasteiger partial charge on any atom is 0.279 e. The van der Waals surface area contributed by atoms with Crippen molar-refractivity contribution in [2.24, 2.45) is 0 Å². The van der Waals surface area contributed by atoms with Crippen LogP contribution >= 0.6 is 0 Å². The quantitative estimate of drug-likeness (QED) is 0.521. The summed E-state index contributed by atoms with van der Waals surface area (Å²) in [4.78, 5) is 28.2. The Hall–Kier alpha value is -2.70. The largest absolute Gasteiger partial charge is 0.348 e.